The molecule has 1 amide bonds. The Morgan fingerprint density at radius 3 is 2.57 bits per heavy atom. The first kappa shape index (κ1) is 20.2. The first-order chi connectivity index (χ1) is 9.55. The average molecular weight is 380 g/mol. The van der Waals surface area contributed by atoms with E-state index in [1.165, 1.54) is 0 Å². The zero-order chi connectivity index (χ0) is 15.0. The smallest absolute Gasteiger partial charge is 0.223 e. The van der Waals surface area contributed by atoms with E-state index >= 15 is 0 Å². The topological polar surface area (TPSA) is 64.3 Å². The Labute approximate surface area is 141 Å². The molecule has 0 aromatic heterocycles. The fourth-order valence-corrected chi connectivity index (χ4v) is 2.32. The van der Waals surface area contributed by atoms with Crippen LogP contribution in [0.15, 0.2) is 28.7 Å². The molecule has 1 aromatic rings. The highest BCUT2D eigenvalue weighted by atomic mass is 79.9. The maximum absolute atomic E-state index is 11.9. The molecule has 0 aliphatic carbocycles. The monoisotopic (exact) mass is 378 g/mol. The van der Waals surface area contributed by atoms with Crippen molar-refractivity contribution in [3.8, 4) is 5.75 Å². The fraction of sp³-hybridized carbons (Fsp3) is 0.533. The maximum atomic E-state index is 11.9. The molecule has 120 valence electrons. The SMILES string of the molecule is CCC(CC)(CN)NC(=O)CCOc1cccc(Br)c1.Cl. The van der Waals surface area contributed by atoms with Gasteiger partial charge in [-0.1, -0.05) is 35.8 Å². The van der Waals surface area contributed by atoms with E-state index in [4.69, 9.17) is 10.5 Å². The highest BCUT2D eigenvalue weighted by Gasteiger charge is 2.25. The number of amides is 1. The fourth-order valence-electron chi connectivity index (χ4n) is 1.94. The average Bonchev–Trinajstić information content (AvgIpc) is 2.45. The van der Waals surface area contributed by atoms with E-state index in [2.05, 4.69) is 21.2 Å². The van der Waals surface area contributed by atoms with Crippen molar-refractivity contribution in [1.29, 1.82) is 0 Å². The summed E-state index contributed by atoms with van der Waals surface area (Å²) in [6.45, 7) is 4.89. The molecule has 4 nitrogen and oxygen atoms in total. The molecule has 1 aromatic carbocycles. The molecule has 6 heteroatoms. The molecule has 0 heterocycles. The summed E-state index contributed by atoms with van der Waals surface area (Å²) >= 11 is 3.38. The van der Waals surface area contributed by atoms with Gasteiger partial charge >= 0.3 is 0 Å². The summed E-state index contributed by atoms with van der Waals surface area (Å²) in [5.41, 5.74) is 5.48. The van der Waals surface area contributed by atoms with E-state index in [-0.39, 0.29) is 23.9 Å². The van der Waals surface area contributed by atoms with Gasteiger partial charge < -0.3 is 15.8 Å². The molecule has 0 fully saturated rings. The number of halogens is 2. The van der Waals surface area contributed by atoms with Crippen LogP contribution >= 0.6 is 28.3 Å². The first-order valence-electron chi connectivity index (χ1n) is 6.94. The van der Waals surface area contributed by atoms with Crippen LogP contribution in [-0.2, 0) is 4.79 Å². The molecule has 0 unspecified atom stereocenters. The minimum Gasteiger partial charge on any atom is -0.493 e. The van der Waals surface area contributed by atoms with Crippen LogP contribution < -0.4 is 15.8 Å². The lowest BCUT2D eigenvalue weighted by molar-refractivity contribution is -0.123. The Balaban J connectivity index is 0.00000400. The number of hydrogen-bond acceptors (Lipinski definition) is 3. The van der Waals surface area contributed by atoms with Crippen LogP contribution in [0.25, 0.3) is 0 Å². The molecular weight excluding hydrogens is 356 g/mol. The van der Waals surface area contributed by atoms with Crippen LogP contribution in [0.1, 0.15) is 33.1 Å². The number of nitrogens with two attached hydrogens (primary N) is 1. The van der Waals surface area contributed by atoms with Gasteiger partial charge in [-0.3, -0.25) is 4.79 Å². The summed E-state index contributed by atoms with van der Waals surface area (Å²) in [6.07, 6.45) is 1.99. The zero-order valence-corrected chi connectivity index (χ0v) is 14.9. The van der Waals surface area contributed by atoms with Crippen LogP contribution in [0.4, 0.5) is 0 Å². The summed E-state index contributed by atoms with van der Waals surface area (Å²) < 4.78 is 6.51. The second-order valence-electron chi connectivity index (χ2n) is 4.80. The van der Waals surface area contributed by atoms with Crippen LogP contribution in [-0.4, -0.2) is 24.6 Å². The van der Waals surface area contributed by atoms with E-state index in [0.29, 0.717) is 19.6 Å². The lowest BCUT2D eigenvalue weighted by Crippen LogP contribution is -2.53. The van der Waals surface area contributed by atoms with Gasteiger partial charge in [-0.15, -0.1) is 12.4 Å². The summed E-state index contributed by atoms with van der Waals surface area (Å²) in [7, 11) is 0. The molecule has 0 bridgehead atoms. The normalized spacial score (nSPS) is 10.7. The second kappa shape index (κ2) is 10.0. The number of nitrogens with one attached hydrogen (secondary N) is 1. The minimum absolute atomic E-state index is 0. The number of ether oxygens (including phenoxy) is 1. The van der Waals surface area contributed by atoms with E-state index in [1.807, 2.05) is 38.1 Å². The Morgan fingerprint density at radius 2 is 2.05 bits per heavy atom. The van der Waals surface area contributed by atoms with Crippen LogP contribution in [0.2, 0.25) is 0 Å². The van der Waals surface area contributed by atoms with Gasteiger partial charge in [0, 0.05) is 11.0 Å². The standard InChI is InChI=1S/C15H23BrN2O2.ClH/c1-3-15(4-2,11-17)18-14(19)8-9-20-13-7-5-6-12(16)10-13;/h5-7,10H,3-4,8-9,11,17H2,1-2H3,(H,18,19);1H. The van der Waals surface area contributed by atoms with Gasteiger partial charge in [0.15, 0.2) is 0 Å². The third kappa shape index (κ3) is 6.68. The van der Waals surface area contributed by atoms with Gasteiger partial charge in [0.05, 0.1) is 18.6 Å². The predicted molar refractivity (Wildman–Crippen MR) is 92.0 cm³/mol. The molecule has 21 heavy (non-hydrogen) atoms. The Kier molecular flexibility index (Phi) is 9.66. The molecule has 0 radical (unpaired) electrons. The van der Waals surface area contributed by atoms with Crippen molar-refractivity contribution in [3.63, 3.8) is 0 Å². The third-order valence-corrected chi connectivity index (χ3v) is 4.04. The number of carbonyl (C=O) groups is 1. The van der Waals surface area contributed by atoms with Gasteiger partial charge in [-0.2, -0.15) is 0 Å². The van der Waals surface area contributed by atoms with Gasteiger partial charge in [-0.25, -0.2) is 0 Å². The highest BCUT2D eigenvalue weighted by Crippen LogP contribution is 2.18. The molecule has 0 atom stereocenters. The van der Waals surface area contributed by atoms with Crippen LogP contribution in [0.3, 0.4) is 0 Å². The first-order valence-corrected chi connectivity index (χ1v) is 7.74. The number of benzene rings is 1. The van der Waals surface area contributed by atoms with Crippen LogP contribution in [0, 0.1) is 0 Å². The van der Waals surface area contributed by atoms with Crippen molar-refractivity contribution < 1.29 is 9.53 Å². The molecule has 0 saturated heterocycles. The third-order valence-electron chi connectivity index (χ3n) is 3.54. The van der Waals surface area contributed by atoms with Crippen molar-refractivity contribution in [3.05, 3.63) is 28.7 Å². The molecule has 0 aliphatic rings. The van der Waals surface area contributed by atoms with Crippen LogP contribution in [0.5, 0.6) is 5.75 Å². The van der Waals surface area contributed by atoms with E-state index < -0.39 is 0 Å². The summed E-state index contributed by atoms with van der Waals surface area (Å²) in [5, 5.41) is 3.02. The van der Waals surface area contributed by atoms with Crippen molar-refractivity contribution in [2.75, 3.05) is 13.2 Å². The second-order valence-corrected chi connectivity index (χ2v) is 5.71. The van der Waals surface area contributed by atoms with Crippen molar-refractivity contribution in [2.45, 2.75) is 38.6 Å². The highest BCUT2D eigenvalue weighted by molar-refractivity contribution is 9.10. The zero-order valence-electron chi connectivity index (χ0n) is 12.5. The lowest BCUT2D eigenvalue weighted by Gasteiger charge is -2.31. The van der Waals surface area contributed by atoms with Crippen molar-refractivity contribution >= 4 is 34.2 Å². The predicted octanol–water partition coefficient (Wildman–Crippen LogP) is 3.27. The van der Waals surface area contributed by atoms with E-state index in [9.17, 15) is 4.79 Å². The van der Waals surface area contributed by atoms with Gasteiger partial charge in [0.25, 0.3) is 0 Å². The van der Waals surface area contributed by atoms with E-state index in [0.717, 1.165) is 23.1 Å². The number of hydrogen-bond donors (Lipinski definition) is 2. The molecular formula is C15H24BrClN2O2. The van der Waals surface area contributed by atoms with Gasteiger partial charge in [0.1, 0.15) is 5.75 Å². The summed E-state index contributed by atoms with van der Waals surface area (Å²) in [4.78, 5) is 11.9. The molecule has 0 saturated carbocycles. The molecule has 1 rings (SSSR count). The largest absolute Gasteiger partial charge is 0.493 e. The molecule has 0 spiro atoms. The number of rotatable bonds is 8. The Bertz CT molecular complexity index is 431. The molecule has 0 aliphatic heterocycles. The van der Waals surface area contributed by atoms with Crippen molar-refractivity contribution in [2.24, 2.45) is 5.73 Å². The van der Waals surface area contributed by atoms with Gasteiger partial charge in [-0.05, 0) is 31.0 Å². The van der Waals surface area contributed by atoms with E-state index in [1.54, 1.807) is 0 Å². The number of carbonyl (C=O) groups excluding carboxylic acids is 1. The Hall–Kier alpha value is -0.780. The Morgan fingerprint density at radius 1 is 1.38 bits per heavy atom. The minimum atomic E-state index is -0.285. The summed E-state index contributed by atoms with van der Waals surface area (Å²) in [5.74, 6) is 0.734. The maximum Gasteiger partial charge on any atom is 0.223 e. The van der Waals surface area contributed by atoms with Crippen molar-refractivity contribution in [1.82, 2.24) is 5.32 Å². The quantitative estimate of drug-likeness (QED) is 0.728. The lowest BCUT2D eigenvalue weighted by atomic mass is 9.93. The van der Waals surface area contributed by atoms with Gasteiger partial charge in [0.2, 0.25) is 5.91 Å². The summed E-state index contributed by atoms with van der Waals surface area (Å²) in [6, 6.07) is 7.57. The molecule has 3 N–H and O–H groups in total.